The van der Waals surface area contributed by atoms with Crippen LogP contribution in [0.1, 0.15) is 12.8 Å². The number of hydrogen-bond donors (Lipinski definition) is 2. The van der Waals surface area contributed by atoms with E-state index in [1.165, 1.54) is 12.2 Å². The van der Waals surface area contributed by atoms with Crippen LogP contribution in [0.3, 0.4) is 0 Å². The third kappa shape index (κ3) is 2.18. The number of nitrogens with two attached hydrogens (primary N) is 1. The van der Waals surface area contributed by atoms with Crippen LogP contribution in [0.15, 0.2) is 36.8 Å². The molecule has 0 unspecified atom stereocenters. The lowest BCUT2D eigenvalue weighted by Crippen LogP contribution is -2.40. The van der Waals surface area contributed by atoms with Gasteiger partial charge in [0.05, 0.1) is 5.70 Å². The van der Waals surface area contributed by atoms with Gasteiger partial charge in [-0.3, -0.25) is 9.59 Å². The zero-order valence-corrected chi connectivity index (χ0v) is 8.75. The van der Waals surface area contributed by atoms with Crippen LogP contribution in [0.25, 0.3) is 0 Å². The van der Waals surface area contributed by atoms with Gasteiger partial charge >= 0.3 is 0 Å². The van der Waals surface area contributed by atoms with E-state index in [0.29, 0.717) is 12.8 Å². The first-order valence-corrected chi connectivity index (χ1v) is 4.73. The number of halogens is 1. The monoisotopic (exact) mass is 224 g/mol. The summed E-state index contributed by atoms with van der Waals surface area (Å²) >= 11 is 0. The Kier molecular flexibility index (Phi) is 3.27. The van der Waals surface area contributed by atoms with Crippen molar-refractivity contribution in [1.82, 2.24) is 5.32 Å². The van der Waals surface area contributed by atoms with Crippen molar-refractivity contribution in [3.05, 3.63) is 36.8 Å². The molecule has 0 heterocycles. The predicted molar refractivity (Wildman–Crippen MR) is 57.5 cm³/mol. The van der Waals surface area contributed by atoms with E-state index in [4.69, 9.17) is 5.73 Å². The molecule has 86 valence electrons. The molecular formula is C11H13FN2O2. The van der Waals surface area contributed by atoms with Gasteiger partial charge in [-0.1, -0.05) is 19.2 Å². The molecule has 0 atom stereocenters. The van der Waals surface area contributed by atoms with E-state index < -0.39 is 23.1 Å². The summed E-state index contributed by atoms with van der Waals surface area (Å²) in [5.41, 5.74) is 3.83. The fraction of sp³-hybridized carbons (Fsp3) is 0.273. The van der Waals surface area contributed by atoms with Crippen LogP contribution in [0, 0.1) is 5.41 Å². The van der Waals surface area contributed by atoms with Gasteiger partial charge in [0, 0.05) is 0 Å². The highest BCUT2D eigenvalue weighted by Crippen LogP contribution is 2.45. The van der Waals surface area contributed by atoms with Crippen molar-refractivity contribution in [3.63, 3.8) is 0 Å². The molecule has 4 nitrogen and oxygen atoms in total. The van der Waals surface area contributed by atoms with E-state index in [-0.39, 0.29) is 5.70 Å². The van der Waals surface area contributed by atoms with Crippen molar-refractivity contribution in [1.29, 1.82) is 0 Å². The fourth-order valence-electron chi connectivity index (χ4n) is 1.27. The summed E-state index contributed by atoms with van der Waals surface area (Å²) in [6.07, 6.45) is 3.37. The van der Waals surface area contributed by atoms with Crippen LogP contribution in [-0.2, 0) is 9.59 Å². The van der Waals surface area contributed by atoms with E-state index in [0.717, 1.165) is 0 Å². The maximum atomic E-state index is 12.9. The molecule has 3 N–H and O–H groups in total. The van der Waals surface area contributed by atoms with Gasteiger partial charge in [-0.15, -0.1) is 0 Å². The molecule has 0 radical (unpaired) electrons. The first-order chi connectivity index (χ1) is 7.44. The van der Waals surface area contributed by atoms with Crippen LogP contribution >= 0.6 is 0 Å². The third-order valence-corrected chi connectivity index (χ3v) is 2.48. The molecule has 5 heteroatoms. The van der Waals surface area contributed by atoms with Gasteiger partial charge in [0.2, 0.25) is 11.8 Å². The standard InChI is InChI=1S/C11H13FN2O2/c1-3-4-8(7(2)12)14-10(16)11(5-6-11)9(13)15/h3-4H,1-2,5-6H2,(H2,13,15)(H,14,16)/b8-4+. The van der Waals surface area contributed by atoms with E-state index >= 15 is 0 Å². The van der Waals surface area contributed by atoms with E-state index in [9.17, 15) is 14.0 Å². The van der Waals surface area contributed by atoms with Crippen molar-refractivity contribution in [2.24, 2.45) is 11.1 Å². The molecular weight excluding hydrogens is 211 g/mol. The fourth-order valence-corrected chi connectivity index (χ4v) is 1.27. The summed E-state index contributed by atoms with van der Waals surface area (Å²) in [6, 6.07) is 0. The molecule has 0 aromatic carbocycles. The summed E-state index contributed by atoms with van der Waals surface area (Å²) in [5, 5.41) is 2.28. The molecule has 1 aliphatic rings. The second kappa shape index (κ2) is 4.30. The van der Waals surface area contributed by atoms with Gasteiger partial charge in [0.25, 0.3) is 0 Å². The quantitative estimate of drug-likeness (QED) is 0.538. The highest BCUT2D eigenvalue weighted by Gasteiger charge is 2.55. The Morgan fingerprint density at radius 1 is 1.44 bits per heavy atom. The predicted octanol–water partition coefficient (Wildman–Crippen LogP) is 0.921. The highest BCUT2D eigenvalue weighted by molar-refractivity contribution is 6.07. The zero-order chi connectivity index (χ0) is 12.3. The van der Waals surface area contributed by atoms with Crippen LogP contribution in [0.5, 0.6) is 0 Å². The lowest BCUT2D eigenvalue weighted by atomic mass is 10.1. The van der Waals surface area contributed by atoms with Crippen LogP contribution in [0.2, 0.25) is 0 Å². The smallest absolute Gasteiger partial charge is 0.240 e. The Hall–Kier alpha value is -1.91. The molecule has 0 spiro atoms. The molecule has 0 aromatic heterocycles. The second-order valence-corrected chi connectivity index (χ2v) is 3.62. The molecule has 0 aliphatic heterocycles. The first-order valence-electron chi connectivity index (χ1n) is 4.73. The Bertz CT molecular complexity index is 395. The van der Waals surface area contributed by atoms with Gasteiger partial charge in [-0.05, 0) is 18.9 Å². The Morgan fingerprint density at radius 2 is 2.00 bits per heavy atom. The van der Waals surface area contributed by atoms with E-state index in [1.54, 1.807) is 0 Å². The lowest BCUT2D eigenvalue weighted by molar-refractivity contribution is -0.134. The van der Waals surface area contributed by atoms with Crippen LogP contribution in [-0.4, -0.2) is 11.8 Å². The van der Waals surface area contributed by atoms with E-state index in [1.807, 2.05) is 0 Å². The number of amides is 2. The maximum absolute atomic E-state index is 12.9. The average molecular weight is 224 g/mol. The summed E-state index contributed by atoms with van der Waals surface area (Å²) in [4.78, 5) is 22.7. The SMILES string of the molecule is C=C/C=C(/NC(=O)C1(C(N)=O)CC1)C(=C)F. The number of primary amides is 1. The summed E-state index contributed by atoms with van der Waals surface area (Å²) in [7, 11) is 0. The molecule has 0 saturated heterocycles. The zero-order valence-electron chi connectivity index (χ0n) is 8.75. The Morgan fingerprint density at radius 3 is 2.31 bits per heavy atom. The summed E-state index contributed by atoms with van der Waals surface area (Å²) in [5.74, 6) is -2.08. The minimum absolute atomic E-state index is 0.104. The van der Waals surface area contributed by atoms with Crippen molar-refractivity contribution in [3.8, 4) is 0 Å². The minimum atomic E-state index is -1.17. The number of allylic oxidation sites excluding steroid dienone is 3. The van der Waals surface area contributed by atoms with Gasteiger partial charge in [-0.25, -0.2) is 4.39 Å². The van der Waals surface area contributed by atoms with Crippen LogP contribution in [0.4, 0.5) is 4.39 Å². The van der Waals surface area contributed by atoms with Gasteiger partial charge < -0.3 is 11.1 Å². The summed E-state index contributed by atoms with van der Waals surface area (Å²) < 4.78 is 12.9. The first kappa shape index (κ1) is 12.2. The summed E-state index contributed by atoms with van der Waals surface area (Å²) in [6.45, 7) is 6.44. The molecule has 0 bridgehead atoms. The number of hydrogen-bond acceptors (Lipinski definition) is 2. The highest BCUT2D eigenvalue weighted by atomic mass is 19.1. The second-order valence-electron chi connectivity index (χ2n) is 3.62. The maximum Gasteiger partial charge on any atom is 0.240 e. The van der Waals surface area contributed by atoms with E-state index in [2.05, 4.69) is 18.5 Å². The third-order valence-electron chi connectivity index (χ3n) is 2.48. The molecule has 0 aromatic rings. The van der Waals surface area contributed by atoms with Gasteiger partial charge in [0.1, 0.15) is 11.2 Å². The Balaban J connectivity index is 2.78. The molecule has 1 saturated carbocycles. The molecule has 1 fully saturated rings. The van der Waals surface area contributed by atoms with Crippen molar-refractivity contribution >= 4 is 11.8 Å². The number of carbonyl (C=O) groups excluding carboxylic acids is 2. The lowest BCUT2D eigenvalue weighted by Gasteiger charge is -2.12. The van der Waals surface area contributed by atoms with Crippen molar-refractivity contribution in [2.75, 3.05) is 0 Å². The topological polar surface area (TPSA) is 72.2 Å². The molecule has 2 amide bonds. The van der Waals surface area contributed by atoms with Gasteiger partial charge in [-0.2, -0.15) is 0 Å². The number of nitrogens with one attached hydrogen (secondary N) is 1. The average Bonchev–Trinajstić information content (AvgIpc) is 2.97. The molecule has 16 heavy (non-hydrogen) atoms. The molecule has 1 rings (SSSR count). The largest absolute Gasteiger partial charge is 0.369 e. The number of rotatable bonds is 5. The number of carbonyl (C=O) groups is 2. The Labute approximate surface area is 92.7 Å². The normalized spacial score (nSPS) is 17.4. The minimum Gasteiger partial charge on any atom is -0.369 e. The van der Waals surface area contributed by atoms with Crippen LogP contribution < -0.4 is 11.1 Å². The van der Waals surface area contributed by atoms with Gasteiger partial charge in [0.15, 0.2) is 0 Å². The van der Waals surface area contributed by atoms with Crippen molar-refractivity contribution in [2.45, 2.75) is 12.8 Å². The van der Waals surface area contributed by atoms with Crippen molar-refractivity contribution < 1.29 is 14.0 Å². The molecule has 1 aliphatic carbocycles.